The maximum absolute atomic E-state index is 13.3. The Labute approximate surface area is 118 Å². The number of hydrogen-bond donors (Lipinski definition) is 1. The number of carboxylic acid groups (broad SMARTS) is 1. The van der Waals surface area contributed by atoms with E-state index in [0.29, 0.717) is 18.0 Å². The molecule has 5 heteroatoms. The van der Waals surface area contributed by atoms with Crippen molar-refractivity contribution in [2.75, 3.05) is 26.8 Å². The Hall–Kier alpha value is -1.46. The summed E-state index contributed by atoms with van der Waals surface area (Å²) in [6.45, 7) is 2.90. The lowest BCUT2D eigenvalue weighted by Crippen LogP contribution is -2.29. The fourth-order valence-electron chi connectivity index (χ4n) is 2.63. The molecule has 2 rings (SSSR count). The molecule has 20 heavy (non-hydrogen) atoms. The van der Waals surface area contributed by atoms with Crippen LogP contribution in [0.5, 0.6) is 0 Å². The van der Waals surface area contributed by atoms with Gasteiger partial charge in [0.25, 0.3) is 0 Å². The number of carbonyl (C=O) groups is 1. The second kappa shape index (κ2) is 6.81. The van der Waals surface area contributed by atoms with Crippen LogP contribution >= 0.6 is 0 Å². The minimum Gasteiger partial charge on any atom is -0.478 e. The minimum absolute atomic E-state index is 0.172. The molecule has 0 radical (unpaired) electrons. The van der Waals surface area contributed by atoms with Gasteiger partial charge in [-0.2, -0.15) is 0 Å². The maximum Gasteiger partial charge on any atom is 0.336 e. The average molecular weight is 281 g/mol. The van der Waals surface area contributed by atoms with Crippen LogP contribution in [0.2, 0.25) is 0 Å². The van der Waals surface area contributed by atoms with Crippen molar-refractivity contribution in [3.05, 3.63) is 35.1 Å². The Morgan fingerprint density at radius 3 is 2.80 bits per heavy atom. The van der Waals surface area contributed by atoms with Crippen LogP contribution in [-0.2, 0) is 11.3 Å². The molecule has 1 saturated heterocycles. The topological polar surface area (TPSA) is 49.8 Å². The zero-order valence-corrected chi connectivity index (χ0v) is 11.6. The smallest absolute Gasteiger partial charge is 0.336 e. The average Bonchev–Trinajstić information content (AvgIpc) is 2.39. The van der Waals surface area contributed by atoms with Crippen molar-refractivity contribution < 1.29 is 19.0 Å². The van der Waals surface area contributed by atoms with E-state index in [4.69, 9.17) is 9.84 Å². The standard InChI is InChI=1S/C15H20FNO3/c1-17(9-11-4-6-20-7-5-11)10-12-8-13(16)2-3-14(12)15(18)19/h2-3,8,11H,4-7,9-10H2,1H3,(H,18,19). The summed E-state index contributed by atoms with van der Waals surface area (Å²) in [4.78, 5) is 13.2. The second-order valence-corrected chi connectivity index (χ2v) is 5.36. The molecule has 0 amide bonds. The molecule has 4 nitrogen and oxygen atoms in total. The van der Waals surface area contributed by atoms with E-state index in [1.807, 2.05) is 7.05 Å². The van der Waals surface area contributed by atoms with Gasteiger partial charge in [0.15, 0.2) is 0 Å². The zero-order valence-electron chi connectivity index (χ0n) is 11.6. The van der Waals surface area contributed by atoms with Gasteiger partial charge in [-0.15, -0.1) is 0 Å². The van der Waals surface area contributed by atoms with E-state index in [2.05, 4.69) is 4.90 Å². The lowest BCUT2D eigenvalue weighted by Gasteiger charge is -2.27. The quantitative estimate of drug-likeness (QED) is 0.900. The number of hydrogen-bond acceptors (Lipinski definition) is 3. The van der Waals surface area contributed by atoms with Crippen molar-refractivity contribution in [1.29, 1.82) is 0 Å². The Kier molecular flexibility index (Phi) is 5.09. The molecular formula is C15H20FNO3. The predicted molar refractivity (Wildman–Crippen MR) is 73.2 cm³/mol. The number of aromatic carboxylic acids is 1. The van der Waals surface area contributed by atoms with Crippen LogP contribution in [0.15, 0.2) is 18.2 Å². The monoisotopic (exact) mass is 281 g/mol. The van der Waals surface area contributed by atoms with Gasteiger partial charge in [0.1, 0.15) is 5.82 Å². The molecule has 0 saturated carbocycles. The summed E-state index contributed by atoms with van der Waals surface area (Å²) in [5, 5.41) is 9.13. The van der Waals surface area contributed by atoms with E-state index in [9.17, 15) is 9.18 Å². The number of rotatable bonds is 5. The highest BCUT2D eigenvalue weighted by molar-refractivity contribution is 5.89. The molecule has 1 N–H and O–H groups in total. The summed E-state index contributed by atoms with van der Waals surface area (Å²) in [6.07, 6.45) is 2.05. The third-order valence-electron chi connectivity index (χ3n) is 3.65. The van der Waals surface area contributed by atoms with Crippen LogP contribution < -0.4 is 0 Å². The largest absolute Gasteiger partial charge is 0.478 e. The predicted octanol–water partition coefficient (Wildman–Crippen LogP) is 2.38. The first-order valence-electron chi connectivity index (χ1n) is 6.84. The van der Waals surface area contributed by atoms with Gasteiger partial charge < -0.3 is 14.7 Å². The number of carboxylic acids is 1. The summed E-state index contributed by atoms with van der Waals surface area (Å²) in [6, 6.07) is 3.82. The van der Waals surface area contributed by atoms with Gasteiger partial charge in [0, 0.05) is 26.3 Å². The summed E-state index contributed by atoms with van der Waals surface area (Å²) >= 11 is 0. The first-order valence-corrected chi connectivity index (χ1v) is 6.84. The minimum atomic E-state index is -1.01. The normalized spacial score (nSPS) is 16.6. The van der Waals surface area contributed by atoms with E-state index >= 15 is 0 Å². The molecule has 1 aliphatic heterocycles. The van der Waals surface area contributed by atoms with Crippen LogP contribution in [-0.4, -0.2) is 42.8 Å². The van der Waals surface area contributed by atoms with Gasteiger partial charge in [-0.25, -0.2) is 9.18 Å². The summed E-state index contributed by atoms with van der Waals surface area (Å²) in [5.41, 5.74) is 0.692. The number of ether oxygens (including phenoxy) is 1. The van der Waals surface area contributed by atoms with Gasteiger partial charge in [-0.3, -0.25) is 0 Å². The van der Waals surface area contributed by atoms with Crippen molar-refractivity contribution in [3.8, 4) is 0 Å². The Morgan fingerprint density at radius 1 is 1.45 bits per heavy atom. The van der Waals surface area contributed by atoms with Crippen LogP contribution in [0, 0.1) is 11.7 Å². The molecular weight excluding hydrogens is 261 g/mol. The molecule has 1 heterocycles. The lowest BCUT2D eigenvalue weighted by molar-refractivity contribution is 0.0548. The molecule has 0 bridgehead atoms. The molecule has 110 valence electrons. The third-order valence-corrected chi connectivity index (χ3v) is 3.65. The van der Waals surface area contributed by atoms with E-state index in [1.165, 1.54) is 18.2 Å². The summed E-state index contributed by atoms with van der Waals surface area (Å²) in [7, 11) is 1.94. The van der Waals surface area contributed by atoms with E-state index in [1.54, 1.807) is 0 Å². The highest BCUT2D eigenvalue weighted by atomic mass is 19.1. The molecule has 0 spiro atoms. The molecule has 1 aromatic rings. The number of benzene rings is 1. The molecule has 0 atom stereocenters. The molecule has 0 aromatic heterocycles. The highest BCUT2D eigenvalue weighted by Gasteiger charge is 2.18. The number of nitrogens with zero attached hydrogens (tertiary/aromatic N) is 1. The fraction of sp³-hybridized carbons (Fsp3) is 0.533. The second-order valence-electron chi connectivity index (χ2n) is 5.36. The van der Waals surface area contributed by atoms with Gasteiger partial charge in [0.05, 0.1) is 5.56 Å². The third kappa shape index (κ3) is 4.02. The lowest BCUT2D eigenvalue weighted by atomic mass is 9.99. The maximum atomic E-state index is 13.3. The van der Waals surface area contributed by atoms with Crippen LogP contribution in [0.25, 0.3) is 0 Å². The summed E-state index contributed by atoms with van der Waals surface area (Å²) < 4.78 is 18.6. The highest BCUT2D eigenvalue weighted by Crippen LogP contribution is 2.18. The van der Waals surface area contributed by atoms with Crippen LogP contribution in [0.3, 0.4) is 0 Å². The summed E-state index contributed by atoms with van der Waals surface area (Å²) in [5.74, 6) is -0.848. The fourth-order valence-corrected chi connectivity index (χ4v) is 2.63. The van der Waals surface area contributed by atoms with E-state index in [0.717, 1.165) is 32.6 Å². The van der Waals surface area contributed by atoms with Gasteiger partial charge >= 0.3 is 5.97 Å². The van der Waals surface area contributed by atoms with E-state index < -0.39 is 11.8 Å². The first kappa shape index (κ1) is 14.9. The Balaban J connectivity index is 2.00. The van der Waals surface area contributed by atoms with Crippen LogP contribution in [0.4, 0.5) is 4.39 Å². The SMILES string of the molecule is CN(Cc1cc(F)ccc1C(=O)O)CC1CCOCC1. The zero-order chi connectivity index (χ0) is 14.5. The van der Waals surface area contributed by atoms with Crippen molar-refractivity contribution in [2.45, 2.75) is 19.4 Å². The molecule has 0 unspecified atom stereocenters. The Bertz CT molecular complexity index is 472. The number of halogens is 1. The molecule has 1 aromatic carbocycles. The van der Waals surface area contributed by atoms with Gasteiger partial charge in [-0.05, 0) is 49.6 Å². The molecule has 0 aliphatic carbocycles. The van der Waals surface area contributed by atoms with Crippen LogP contribution in [0.1, 0.15) is 28.8 Å². The van der Waals surface area contributed by atoms with Gasteiger partial charge in [0.2, 0.25) is 0 Å². The van der Waals surface area contributed by atoms with Gasteiger partial charge in [-0.1, -0.05) is 0 Å². The molecule has 1 aliphatic rings. The van der Waals surface area contributed by atoms with Crippen molar-refractivity contribution >= 4 is 5.97 Å². The Morgan fingerprint density at radius 2 is 2.15 bits per heavy atom. The van der Waals surface area contributed by atoms with E-state index in [-0.39, 0.29) is 5.56 Å². The van der Waals surface area contributed by atoms with Crippen molar-refractivity contribution in [1.82, 2.24) is 4.90 Å². The first-order chi connectivity index (χ1) is 9.56. The van der Waals surface area contributed by atoms with Crippen molar-refractivity contribution in [3.63, 3.8) is 0 Å². The molecule has 1 fully saturated rings. The van der Waals surface area contributed by atoms with Crippen molar-refractivity contribution in [2.24, 2.45) is 5.92 Å².